The zero-order chi connectivity index (χ0) is 14.6. The van der Waals surface area contributed by atoms with Gasteiger partial charge in [-0.2, -0.15) is 0 Å². The number of hydrogen-bond acceptors (Lipinski definition) is 2. The maximum absolute atomic E-state index is 12.1. The summed E-state index contributed by atoms with van der Waals surface area (Å²) >= 11 is 0. The third kappa shape index (κ3) is 3.43. The number of hydrogen-bond donors (Lipinski definition) is 0. The van der Waals surface area contributed by atoms with E-state index in [1.807, 2.05) is 0 Å². The highest BCUT2D eigenvalue weighted by Crippen LogP contribution is 2.32. The first kappa shape index (κ1) is 13.8. The molecule has 0 atom stereocenters. The summed E-state index contributed by atoms with van der Waals surface area (Å²) in [5.41, 5.74) is 10.1. The van der Waals surface area contributed by atoms with Crippen molar-refractivity contribution in [3.05, 3.63) is 59.0 Å². The van der Waals surface area contributed by atoms with Gasteiger partial charge in [0.1, 0.15) is 5.75 Å². The van der Waals surface area contributed by atoms with E-state index in [1.54, 1.807) is 24.3 Å². The van der Waals surface area contributed by atoms with Crippen molar-refractivity contribution in [2.75, 3.05) is 0 Å². The molecule has 0 aliphatic carbocycles. The van der Waals surface area contributed by atoms with Crippen molar-refractivity contribution in [2.24, 2.45) is 5.11 Å². The van der Waals surface area contributed by atoms with E-state index in [1.165, 1.54) is 24.3 Å². The molecule has 0 saturated carbocycles. The normalized spacial score (nSPS) is 10.8. The van der Waals surface area contributed by atoms with Gasteiger partial charge >= 0.3 is 6.36 Å². The van der Waals surface area contributed by atoms with Crippen molar-refractivity contribution >= 4 is 5.69 Å². The fourth-order valence-corrected chi connectivity index (χ4v) is 1.69. The third-order valence-electron chi connectivity index (χ3n) is 2.46. The lowest BCUT2D eigenvalue weighted by Crippen LogP contribution is -2.16. The maximum atomic E-state index is 12.1. The Hall–Kier alpha value is -2.66. The minimum absolute atomic E-state index is 0.303. The van der Waals surface area contributed by atoms with Crippen LogP contribution in [0, 0.1) is 0 Å². The number of azide groups is 1. The van der Waals surface area contributed by atoms with Crippen LogP contribution in [0.15, 0.2) is 53.6 Å². The van der Waals surface area contributed by atoms with E-state index in [0.29, 0.717) is 16.8 Å². The number of ether oxygens (including phenoxy) is 1. The summed E-state index contributed by atoms with van der Waals surface area (Å²) in [6.45, 7) is 0. The predicted molar refractivity (Wildman–Crippen MR) is 67.4 cm³/mol. The molecule has 0 aliphatic heterocycles. The Kier molecular flexibility index (Phi) is 3.81. The first-order valence-electron chi connectivity index (χ1n) is 5.50. The molecule has 0 aliphatic rings. The molecule has 0 aromatic heterocycles. The second kappa shape index (κ2) is 5.54. The molecule has 0 unspecified atom stereocenters. The summed E-state index contributed by atoms with van der Waals surface area (Å²) < 4.78 is 39.9. The highest BCUT2D eigenvalue weighted by Gasteiger charge is 2.30. The van der Waals surface area contributed by atoms with Crippen molar-refractivity contribution < 1.29 is 17.9 Å². The standard InChI is InChI=1S/C13H8F3N3O/c14-13(15,16)20-10-7-5-9(6-8-10)11-3-1-2-4-12(11)18-19-17/h1-8H. The summed E-state index contributed by atoms with van der Waals surface area (Å²) in [5, 5.41) is 3.53. The van der Waals surface area contributed by atoms with Crippen LogP contribution in [0.25, 0.3) is 21.6 Å². The Morgan fingerprint density at radius 1 is 1.00 bits per heavy atom. The molecule has 0 amide bonds. The highest BCUT2D eigenvalue weighted by atomic mass is 19.4. The SMILES string of the molecule is [N-]=[N+]=Nc1ccccc1-c1ccc(OC(F)(F)F)cc1. The molecule has 20 heavy (non-hydrogen) atoms. The number of alkyl halides is 3. The Bertz CT molecular complexity index is 647. The van der Waals surface area contributed by atoms with Crippen LogP contribution in [0.5, 0.6) is 5.75 Å². The molecule has 0 fully saturated rings. The zero-order valence-electron chi connectivity index (χ0n) is 10.0. The average Bonchev–Trinajstić information content (AvgIpc) is 2.39. The van der Waals surface area contributed by atoms with Gasteiger partial charge in [0.2, 0.25) is 0 Å². The lowest BCUT2D eigenvalue weighted by Gasteiger charge is -2.10. The largest absolute Gasteiger partial charge is 0.573 e. The van der Waals surface area contributed by atoms with Gasteiger partial charge in [0.05, 0.1) is 0 Å². The Morgan fingerprint density at radius 2 is 1.65 bits per heavy atom. The summed E-state index contributed by atoms with van der Waals surface area (Å²) in [6, 6.07) is 12.1. The summed E-state index contributed by atoms with van der Waals surface area (Å²) in [7, 11) is 0. The third-order valence-corrected chi connectivity index (χ3v) is 2.46. The van der Waals surface area contributed by atoms with Crippen molar-refractivity contribution in [3.8, 4) is 16.9 Å². The van der Waals surface area contributed by atoms with Gasteiger partial charge in [-0.25, -0.2) is 0 Å². The van der Waals surface area contributed by atoms with Gasteiger partial charge in [-0.05, 0) is 28.8 Å². The molecular weight excluding hydrogens is 271 g/mol. The van der Waals surface area contributed by atoms with Gasteiger partial charge in [0.15, 0.2) is 0 Å². The molecule has 2 aromatic carbocycles. The van der Waals surface area contributed by atoms with E-state index in [2.05, 4.69) is 14.8 Å². The maximum Gasteiger partial charge on any atom is 0.573 e. The molecule has 0 N–H and O–H groups in total. The number of halogens is 3. The smallest absolute Gasteiger partial charge is 0.406 e. The van der Waals surface area contributed by atoms with Gasteiger partial charge in [0.25, 0.3) is 0 Å². The van der Waals surface area contributed by atoms with Crippen LogP contribution in [-0.4, -0.2) is 6.36 Å². The molecule has 102 valence electrons. The van der Waals surface area contributed by atoms with Crippen LogP contribution in [0.3, 0.4) is 0 Å². The van der Waals surface area contributed by atoms with Crippen LogP contribution in [-0.2, 0) is 0 Å². The first-order chi connectivity index (χ1) is 9.49. The number of benzene rings is 2. The second-order valence-electron chi connectivity index (χ2n) is 3.78. The van der Waals surface area contributed by atoms with Gasteiger partial charge in [-0.1, -0.05) is 41.5 Å². The Morgan fingerprint density at radius 3 is 2.25 bits per heavy atom. The van der Waals surface area contributed by atoms with Crippen molar-refractivity contribution in [1.82, 2.24) is 0 Å². The molecule has 4 nitrogen and oxygen atoms in total. The molecule has 7 heteroatoms. The van der Waals surface area contributed by atoms with E-state index in [0.717, 1.165) is 0 Å². The first-order valence-corrected chi connectivity index (χ1v) is 5.50. The molecule has 0 heterocycles. The van der Waals surface area contributed by atoms with Crippen LogP contribution in [0.1, 0.15) is 0 Å². The van der Waals surface area contributed by atoms with Crippen LogP contribution >= 0.6 is 0 Å². The summed E-state index contributed by atoms with van der Waals surface area (Å²) in [5.74, 6) is -0.303. The second-order valence-corrected chi connectivity index (χ2v) is 3.78. The monoisotopic (exact) mass is 279 g/mol. The van der Waals surface area contributed by atoms with E-state index >= 15 is 0 Å². The fourth-order valence-electron chi connectivity index (χ4n) is 1.69. The van der Waals surface area contributed by atoms with Crippen molar-refractivity contribution in [2.45, 2.75) is 6.36 Å². The highest BCUT2D eigenvalue weighted by molar-refractivity contribution is 5.75. The molecule has 0 saturated heterocycles. The summed E-state index contributed by atoms with van der Waals surface area (Å²) in [4.78, 5) is 2.71. The van der Waals surface area contributed by atoms with Gasteiger partial charge < -0.3 is 4.74 Å². The molecule has 2 aromatic rings. The van der Waals surface area contributed by atoms with Crippen LogP contribution < -0.4 is 4.74 Å². The average molecular weight is 279 g/mol. The van der Waals surface area contributed by atoms with E-state index in [-0.39, 0.29) is 5.75 Å². The topological polar surface area (TPSA) is 58.0 Å². The molecule has 0 bridgehead atoms. The lowest BCUT2D eigenvalue weighted by atomic mass is 10.0. The Labute approximate surface area is 112 Å². The molecule has 0 radical (unpaired) electrons. The van der Waals surface area contributed by atoms with Gasteiger partial charge in [-0.15, -0.1) is 13.2 Å². The molecular formula is C13H8F3N3O. The van der Waals surface area contributed by atoms with Crippen LogP contribution in [0.2, 0.25) is 0 Å². The minimum atomic E-state index is -4.72. The zero-order valence-corrected chi connectivity index (χ0v) is 10.0. The van der Waals surface area contributed by atoms with Gasteiger partial charge in [-0.3, -0.25) is 0 Å². The minimum Gasteiger partial charge on any atom is -0.406 e. The van der Waals surface area contributed by atoms with E-state index in [4.69, 9.17) is 5.53 Å². The molecule has 2 rings (SSSR count). The van der Waals surface area contributed by atoms with Gasteiger partial charge in [0, 0.05) is 10.6 Å². The lowest BCUT2D eigenvalue weighted by molar-refractivity contribution is -0.274. The molecule has 0 spiro atoms. The van der Waals surface area contributed by atoms with E-state index < -0.39 is 6.36 Å². The number of rotatable bonds is 3. The van der Waals surface area contributed by atoms with Crippen molar-refractivity contribution in [3.63, 3.8) is 0 Å². The van der Waals surface area contributed by atoms with E-state index in [9.17, 15) is 13.2 Å². The fraction of sp³-hybridized carbons (Fsp3) is 0.0769. The summed E-state index contributed by atoms with van der Waals surface area (Å²) in [6.07, 6.45) is -4.72. The Balaban J connectivity index is 2.33. The predicted octanol–water partition coefficient (Wildman–Crippen LogP) is 5.19. The van der Waals surface area contributed by atoms with Crippen molar-refractivity contribution in [1.29, 1.82) is 0 Å². The quantitative estimate of drug-likeness (QED) is 0.433. The number of nitrogens with zero attached hydrogens (tertiary/aromatic N) is 3. The van der Waals surface area contributed by atoms with Crippen LogP contribution in [0.4, 0.5) is 18.9 Å².